The maximum absolute atomic E-state index is 11.4. The maximum atomic E-state index is 11.4. The lowest BCUT2D eigenvalue weighted by molar-refractivity contribution is -0.118. The van der Waals surface area contributed by atoms with E-state index in [4.69, 9.17) is 15.0 Å². The Hall–Kier alpha value is -2.44. The van der Waals surface area contributed by atoms with Gasteiger partial charge in [-0.15, -0.1) is 0 Å². The molecule has 118 valence electrons. The molecule has 0 saturated heterocycles. The van der Waals surface area contributed by atoms with Gasteiger partial charge in [-0.05, 0) is 18.0 Å². The van der Waals surface area contributed by atoms with Gasteiger partial charge in [-0.2, -0.15) is 0 Å². The van der Waals surface area contributed by atoms with Crippen LogP contribution >= 0.6 is 0 Å². The van der Waals surface area contributed by atoms with Crippen LogP contribution in [0.5, 0.6) is 11.5 Å². The summed E-state index contributed by atoms with van der Waals surface area (Å²) in [6.45, 7) is 2.35. The van der Waals surface area contributed by atoms with Crippen molar-refractivity contribution in [2.75, 3.05) is 25.1 Å². The highest BCUT2D eigenvalue weighted by molar-refractivity contribution is 5.96. The monoisotopic (exact) mass is 306 g/mol. The van der Waals surface area contributed by atoms with Gasteiger partial charge in [-0.3, -0.25) is 4.79 Å². The van der Waals surface area contributed by atoms with Gasteiger partial charge < -0.3 is 19.9 Å². The molecule has 0 saturated carbocycles. The summed E-state index contributed by atoms with van der Waals surface area (Å²) in [5.41, 5.74) is 9.24. The van der Waals surface area contributed by atoms with Crippen LogP contribution in [0.3, 0.4) is 0 Å². The van der Waals surface area contributed by atoms with E-state index in [1.807, 2.05) is 0 Å². The van der Waals surface area contributed by atoms with Crippen molar-refractivity contribution >= 4 is 11.6 Å². The fraction of sp³-hybridized carbons (Fsp3) is 0.500. The van der Waals surface area contributed by atoms with Gasteiger partial charge in [-0.25, -0.2) is 0 Å². The molecule has 1 aliphatic heterocycles. The van der Waals surface area contributed by atoms with Gasteiger partial charge in [0, 0.05) is 16.5 Å². The molecule has 1 heterocycles. The van der Waals surface area contributed by atoms with E-state index in [0.29, 0.717) is 29.4 Å². The molecule has 1 aromatic rings. The molecule has 22 heavy (non-hydrogen) atoms. The largest absolute Gasteiger partial charge is 0.494 e. The SMILES string of the molecule is CCCCOc1cc2c(c([C@@H](O)CN=[N+]=[N-])c1)OCC(=O)N2. The summed E-state index contributed by atoms with van der Waals surface area (Å²) in [7, 11) is 0. The van der Waals surface area contributed by atoms with Crippen LogP contribution in [0, 0.1) is 0 Å². The molecule has 0 fully saturated rings. The smallest absolute Gasteiger partial charge is 0.262 e. The second kappa shape index (κ2) is 7.53. The lowest BCUT2D eigenvalue weighted by atomic mass is 10.1. The third-order valence-corrected chi connectivity index (χ3v) is 3.16. The Morgan fingerprint density at radius 2 is 2.41 bits per heavy atom. The van der Waals surface area contributed by atoms with Gasteiger partial charge in [0.1, 0.15) is 11.5 Å². The van der Waals surface area contributed by atoms with Crippen molar-refractivity contribution in [2.24, 2.45) is 5.11 Å². The predicted molar refractivity (Wildman–Crippen MR) is 79.9 cm³/mol. The first-order valence-electron chi connectivity index (χ1n) is 7.08. The van der Waals surface area contributed by atoms with Crippen molar-refractivity contribution in [1.82, 2.24) is 0 Å². The number of anilines is 1. The normalized spacial score (nSPS) is 14.2. The molecule has 0 spiro atoms. The summed E-state index contributed by atoms with van der Waals surface area (Å²) in [4.78, 5) is 14.1. The molecule has 0 aromatic heterocycles. The number of nitrogens with one attached hydrogen (secondary N) is 1. The predicted octanol–water partition coefficient (Wildman–Crippen LogP) is 2.54. The van der Waals surface area contributed by atoms with Gasteiger partial charge in [-0.1, -0.05) is 18.5 Å². The summed E-state index contributed by atoms with van der Waals surface area (Å²) >= 11 is 0. The van der Waals surface area contributed by atoms with Gasteiger partial charge in [0.25, 0.3) is 5.91 Å². The van der Waals surface area contributed by atoms with E-state index in [-0.39, 0.29) is 19.1 Å². The second-order valence-corrected chi connectivity index (χ2v) is 4.86. The lowest BCUT2D eigenvalue weighted by Gasteiger charge is -2.23. The first-order chi connectivity index (χ1) is 10.7. The number of ether oxygens (including phenoxy) is 2. The Morgan fingerprint density at radius 3 is 3.14 bits per heavy atom. The molecule has 1 aliphatic rings. The van der Waals surface area contributed by atoms with Gasteiger partial charge in [0.2, 0.25) is 0 Å². The molecular formula is C14H18N4O4. The second-order valence-electron chi connectivity index (χ2n) is 4.86. The molecule has 8 heteroatoms. The number of azide groups is 1. The van der Waals surface area contributed by atoms with E-state index < -0.39 is 6.10 Å². The number of amides is 1. The van der Waals surface area contributed by atoms with E-state index in [0.717, 1.165) is 12.8 Å². The number of aliphatic hydroxyl groups is 1. The van der Waals surface area contributed by atoms with Crippen molar-refractivity contribution in [2.45, 2.75) is 25.9 Å². The van der Waals surface area contributed by atoms with Crippen molar-refractivity contribution < 1.29 is 19.4 Å². The number of rotatable bonds is 7. The Morgan fingerprint density at radius 1 is 1.59 bits per heavy atom. The number of nitrogens with zero attached hydrogens (tertiary/aromatic N) is 3. The maximum Gasteiger partial charge on any atom is 0.262 e. The van der Waals surface area contributed by atoms with Gasteiger partial charge in [0.05, 0.1) is 24.9 Å². The Labute approximate surface area is 127 Å². The van der Waals surface area contributed by atoms with E-state index >= 15 is 0 Å². The fourth-order valence-electron chi connectivity index (χ4n) is 2.08. The van der Waals surface area contributed by atoms with Crippen LogP contribution in [0.25, 0.3) is 10.4 Å². The lowest BCUT2D eigenvalue weighted by Crippen LogP contribution is -2.26. The number of aliphatic hydroxyl groups excluding tert-OH is 1. The Bertz CT molecular complexity index is 599. The highest BCUT2D eigenvalue weighted by Gasteiger charge is 2.24. The van der Waals surface area contributed by atoms with Crippen molar-refractivity contribution in [3.8, 4) is 11.5 Å². The van der Waals surface area contributed by atoms with Crippen LogP contribution < -0.4 is 14.8 Å². The average Bonchev–Trinajstić information content (AvgIpc) is 2.51. The number of unbranched alkanes of at least 4 members (excludes halogenated alkanes) is 1. The highest BCUT2D eigenvalue weighted by Crippen LogP contribution is 2.39. The van der Waals surface area contributed by atoms with E-state index in [2.05, 4.69) is 22.3 Å². The van der Waals surface area contributed by atoms with Crippen molar-refractivity contribution in [3.05, 3.63) is 28.1 Å². The number of hydrogen-bond donors (Lipinski definition) is 2. The zero-order chi connectivity index (χ0) is 15.9. The Kier molecular flexibility index (Phi) is 5.46. The molecule has 1 aromatic carbocycles. The molecule has 8 nitrogen and oxygen atoms in total. The number of carbonyl (C=O) groups is 1. The summed E-state index contributed by atoms with van der Waals surface area (Å²) in [5.74, 6) is 0.629. The third-order valence-electron chi connectivity index (χ3n) is 3.16. The van der Waals surface area contributed by atoms with Crippen LogP contribution in [0.15, 0.2) is 17.2 Å². The topological polar surface area (TPSA) is 117 Å². The first kappa shape index (κ1) is 15.9. The highest BCUT2D eigenvalue weighted by atomic mass is 16.5. The van der Waals surface area contributed by atoms with Crippen molar-refractivity contribution in [1.29, 1.82) is 0 Å². The van der Waals surface area contributed by atoms with Gasteiger partial charge in [0.15, 0.2) is 6.61 Å². The minimum absolute atomic E-state index is 0.121. The quantitative estimate of drug-likeness (QED) is 0.348. The molecule has 2 rings (SSSR count). The van der Waals surface area contributed by atoms with Crippen LogP contribution in [0.2, 0.25) is 0 Å². The summed E-state index contributed by atoms with van der Waals surface area (Å²) in [5, 5.41) is 16.2. The van der Waals surface area contributed by atoms with Crippen LogP contribution in [-0.4, -0.2) is 30.8 Å². The van der Waals surface area contributed by atoms with E-state index in [9.17, 15) is 9.90 Å². The number of carbonyl (C=O) groups excluding carboxylic acids is 1. The first-order valence-corrected chi connectivity index (χ1v) is 7.08. The summed E-state index contributed by atoms with van der Waals surface area (Å²) in [6.07, 6.45) is 0.864. The van der Waals surface area contributed by atoms with E-state index in [1.54, 1.807) is 12.1 Å². The average molecular weight is 306 g/mol. The minimum Gasteiger partial charge on any atom is -0.494 e. The standard InChI is InChI=1S/C14H18N4O4/c1-2-3-4-21-9-5-10(12(19)7-16-18-15)14-11(6-9)17-13(20)8-22-14/h5-6,12,19H,2-4,7-8H2,1H3,(H,17,20)/t12-/m0/s1. The third kappa shape index (κ3) is 3.81. The van der Waals surface area contributed by atoms with E-state index in [1.165, 1.54) is 0 Å². The number of hydrogen-bond acceptors (Lipinski definition) is 5. The molecule has 0 radical (unpaired) electrons. The molecule has 0 unspecified atom stereocenters. The zero-order valence-electron chi connectivity index (χ0n) is 12.3. The summed E-state index contributed by atoms with van der Waals surface area (Å²) in [6, 6.07) is 3.30. The minimum atomic E-state index is -1.03. The molecule has 2 N–H and O–H groups in total. The molecule has 0 bridgehead atoms. The molecular weight excluding hydrogens is 288 g/mol. The molecule has 1 amide bonds. The Balaban J connectivity index is 2.31. The number of fused-ring (bicyclic) bond motifs is 1. The summed E-state index contributed by atoms with van der Waals surface area (Å²) < 4.78 is 11.0. The molecule has 1 atom stereocenters. The van der Waals surface area contributed by atoms with Crippen LogP contribution in [0.1, 0.15) is 31.4 Å². The van der Waals surface area contributed by atoms with Crippen molar-refractivity contribution in [3.63, 3.8) is 0 Å². The zero-order valence-corrected chi connectivity index (χ0v) is 12.3. The molecule has 0 aliphatic carbocycles. The number of benzene rings is 1. The van der Waals surface area contributed by atoms with Gasteiger partial charge >= 0.3 is 0 Å². The fourth-order valence-corrected chi connectivity index (χ4v) is 2.08. The van der Waals surface area contributed by atoms with Crippen LogP contribution in [-0.2, 0) is 4.79 Å². The van der Waals surface area contributed by atoms with Crippen LogP contribution in [0.4, 0.5) is 5.69 Å².